The number of carboxylic acids is 1. The number of halogens is 1. The number of carbonyl (C=O) groups is 1. The molecule has 88 valence electrons. The van der Waals surface area contributed by atoms with E-state index in [1.807, 2.05) is 0 Å². The Labute approximate surface area is 97.3 Å². The Morgan fingerprint density at radius 1 is 1.35 bits per heavy atom. The first-order valence-corrected chi connectivity index (χ1v) is 5.03. The van der Waals surface area contributed by atoms with E-state index in [4.69, 9.17) is 5.11 Å². The molecule has 2 aromatic rings. The number of aryl methyl sites for hydroxylation is 1. The lowest BCUT2D eigenvalue weighted by Gasteiger charge is -2.01. The van der Waals surface area contributed by atoms with Gasteiger partial charge >= 0.3 is 5.97 Å². The van der Waals surface area contributed by atoms with E-state index in [0.717, 1.165) is 0 Å². The molecule has 1 N–H and O–H groups in total. The summed E-state index contributed by atoms with van der Waals surface area (Å²) in [6, 6.07) is 5.60. The van der Waals surface area contributed by atoms with Crippen molar-refractivity contribution in [1.29, 1.82) is 0 Å². The van der Waals surface area contributed by atoms with Crippen LogP contribution in [0.25, 0.3) is 11.3 Å². The van der Waals surface area contributed by atoms with Gasteiger partial charge in [-0.3, -0.25) is 0 Å². The second-order valence-corrected chi connectivity index (χ2v) is 3.73. The van der Waals surface area contributed by atoms with Crippen LogP contribution in [0.15, 0.2) is 24.3 Å². The first kappa shape index (κ1) is 11.3. The lowest BCUT2D eigenvalue weighted by Crippen LogP contribution is -2.06. The smallest absolute Gasteiger partial charge is 0.354 e. The minimum atomic E-state index is -1.05. The van der Waals surface area contributed by atoms with Crippen molar-refractivity contribution in [2.75, 3.05) is 0 Å². The van der Waals surface area contributed by atoms with Gasteiger partial charge in [0.25, 0.3) is 0 Å². The largest absolute Gasteiger partial charge is 0.477 e. The zero-order valence-electron chi connectivity index (χ0n) is 9.44. The van der Waals surface area contributed by atoms with E-state index in [9.17, 15) is 9.18 Å². The average Bonchev–Trinajstić information content (AvgIpc) is 2.56. The van der Waals surface area contributed by atoms with Crippen LogP contribution in [0.5, 0.6) is 0 Å². The third-order valence-electron chi connectivity index (χ3n) is 2.64. The fraction of sp³-hybridized carbons (Fsp3) is 0.167. The Hall–Kier alpha value is -2.17. The Bertz CT molecular complexity index is 573. The summed E-state index contributed by atoms with van der Waals surface area (Å²) in [6.07, 6.45) is 0. The maximum atomic E-state index is 12.8. The molecule has 2 rings (SSSR count). The highest BCUT2D eigenvalue weighted by Gasteiger charge is 2.19. The van der Waals surface area contributed by atoms with Gasteiger partial charge in [-0.15, -0.1) is 0 Å². The molecule has 0 amide bonds. The lowest BCUT2D eigenvalue weighted by molar-refractivity contribution is 0.0687. The van der Waals surface area contributed by atoms with Crippen LogP contribution < -0.4 is 0 Å². The highest BCUT2D eigenvalue weighted by atomic mass is 19.1. The molecule has 0 spiro atoms. The maximum Gasteiger partial charge on any atom is 0.354 e. The Morgan fingerprint density at radius 2 is 1.94 bits per heavy atom. The summed E-state index contributed by atoms with van der Waals surface area (Å²) in [7, 11) is 1.64. The van der Waals surface area contributed by atoms with Crippen molar-refractivity contribution >= 4 is 5.97 Å². The van der Waals surface area contributed by atoms with Crippen LogP contribution in [0.4, 0.5) is 4.39 Å². The van der Waals surface area contributed by atoms with Crippen molar-refractivity contribution in [2.24, 2.45) is 7.05 Å². The van der Waals surface area contributed by atoms with Crippen LogP contribution in [0, 0.1) is 12.7 Å². The van der Waals surface area contributed by atoms with Crippen molar-refractivity contribution in [3.63, 3.8) is 0 Å². The van der Waals surface area contributed by atoms with Gasteiger partial charge in [0.1, 0.15) is 17.3 Å². The molecule has 5 heteroatoms. The summed E-state index contributed by atoms with van der Waals surface area (Å²) >= 11 is 0. The van der Waals surface area contributed by atoms with Crippen LogP contribution >= 0.6 is 0 Å². The number of benzene rings is 1. The Balaban J connectivity index is 2.63. The minimum absolute atomic E-state index is 0.106. The van der Waals surface area contributed by atoms with Crippen LogP contribution in [-0.4, -0.2) is 20.6 Å². The summed E-state index contributed by atoms with van der Waals surface area (Å²) in [5.41, 5.74) is 1.05. The third-order valence-corrected chi connectivity index (χ3v) is 2.64. The highest BCUT2D eigenvalue weighted by Crippen LogP contribution is 2.23. The highest BCUT2D eigenvalue weighted by molar-refractivity contribution is 5.93. The number of imidazole rings is 1. The number of aromatic nitrogens is 2. The fourth-order valence-corrected chi connectivity index (χ4v) is 1.66. The van der Waals surface area contributed by atoms with Gasteiger partial charge in [-0.05, 0) is 31.2 Å². The van der Waals surface area contributed by atoms with E-state index >= 15 is 0 Å². The van der Waals surface area contributed by atoms with Crippen molar-refractivity contribution in [3.05, 3.63) is 41.6 Å². The van der Waals surface area contributed by atoms with Crippen molar-refractivity contribution in [3.8, 4) is 11.3 Å². The predicted molar refractivity (Wildman–Crippen MR) is 60.3 cm³/mol. The standard InChI is InChI=1S/C12H11FN2O2/c1-7-14-10(11(12(16)17)15(7)2)8-3-5-9(13)6-4-8/h3-6H,1-2H3,(H,16,17). The lowest BCUT2D eigenvalue weighted by atomic mass is 10.1. The van der Waals surface area contributed by atoms with Crippen LogP contribution in [-0.2, 0) is 7.05 Å². The SMILES string of the molecule is Cc1nc(-c2ccc(F)cc2)c(C(=O)O)n1C. The topological polar surface area (TPSA) is 55.1 Å². The molecule has 0 unspecified atom stereocenters. The first-order valence-electron chi connectivity index (χ1n) is 5.03. The van der Waals surface area contributed by atoms with E-state index in [1.165, 1.54) is 28.8 Å². The maximum absolute atomic E-state index is 12.8. The van der Waals surface area contributed by atoms with E-state index in [1.54, 1.807) is 14.0 Å². The zero-order valence-corrected chi connectivity index (χ0v) is 9.44. The van der Waals surface area contributed by atoms with E-state index in [2.05, 4.69) is 4.98 Å². The number of rotatable bonds is 2. The quantitative estimate of drug-likeness (QED) is 0.866. The van der Waals surface area contributed by atoms with E-state index in [-0.39, 0.29) is 11.5 Å². The molecule has 1 aromatic heterocycles. The van der Waals surface area contributed by atoms with Gasteiger partial charge in [-0.2, -0.15) is 0 Å². The molecule has 0 fully saturated rings. The van der Waals surface area contributed by atoms with Crippen LogP contribution in [0.1, 0.15) is 16.3 Å². The van der Waals surface area contributed by atoms with Crippen molar-refractivity contribution in [1.82, 2.24) is 9.55 Å². The summed E-state index contributed by atoms with van der Waals surface area (Å²) in [6.45, 7) is 1.72. The van der Waals surface area contributed by atoms with E-state index in [0.29, 0.717) is 17.1 Å². The zero-order chi connectivity index (χ0) is 12.6. The van der Waals surface area contributed by atoms with Gasteiger partial charge in [0, 0.05) is 12.6 Å². The van der Waals surface area contributed by atoms with Gasteiger partial charge in [-0.25, -0.2) is 14.2 Å². The normalized spacial score (nSPS) is 10.5. The third kappa shape index (κ3) is 1.91. The molecule has 0 aliphatic carbocycles. The Kier molecular flexibility index (Phi) is 2.67. The number of hydrogen-bond acceptors (Lipinski definition) is 2. The van der Waals surface area contributed by atoms with Gasteiger partial charge in [0.2, 0.25) is 0 Å². The molecular weight excluding hydrogens is 223 g/mol. The molecule has 4 nitrogen and oxygen atoms in total. The number of aromatic carboxylic acids is 1. The minimum Gasteiger partial charge on any atom is -0.477 e. The summed E-state index contributed by atoms with van der Waals surface area (Å²) in [4.78, 5) is 15.4. The summed E-state index contributed by atoms with van der Waals surface area (Å²) in [5, 5.41) is 9.14. The van der Waals surface area contributed by atoms with Gasteiger partial charge in [-0.1, -0.05) is 0 Å². The number of nitrogens with zero attached hydrogens (tertiary/aromatic N) is 2. The molecule has 0 saturated carbocycles. The van der Waals surface area contributed by atoms with Gasteiger partial charge in [0.15, 0.2) is 5.69 Å². The Morgan fingerprint density at radius 3 is 2.47 bits per heavy atom. The fourth-order valence-electron chi connectivity index (χ4n) is 1.66. The summed E-state index contributed by atoms with van der Waals surface area (Å²) < 4.78 is 14.3. The molecule has 1 aromatic carbocycles. The van der Waals surface area contributed by atoms with E-state index < -0.39 is 5.97 Å². The molecular formula is C12H11FN2O2. The number of hydrogen-bond donors (Lipinski definition) is 1. The molecule has 0 atom stereocenters. The molecule has 0 saturated heterocycles. The predicted octanol–water partition coefficient (Wildman–Crippen LogP) is 2.23. The second kappa shape index (κ2) is 4.01. The first-order chi connectivity index (χ1) is 8.00. The van der Waals surface area contributed by atoms with Crippen LogP contribution in [0.2, 0.25) is 0 Å². The van der Waals surface area contributed by atoms with Gasteiger partial charge in [0.05, 0.1) is 0 Å². The van der Waals surface area contributed by atoms with Crippen molar-refractivity contribution in [2.45, 2.75) is 6.92 Å². The molecule has 17 heavy (non-hydrogen) atoms. The summed E-state index contributed by atoms with van der Waals surface area (Å²) in [5.74, 6) is -0.813. The average molecular weight is 234 g/mol. The molecule has 0 bridgehead atoms. The van der Waals surface area contributed by atoms with Crippen LogP contribution in [0.3, 0.4) is 0 Å². The monoisotopic (exact) mass is 234 g/mol. The molecule has 0 aliphatic heterocycles. The van der Waals surface area contributed by atoms with Crippen molar-refractivity contribution < 1.29 is 14.3 Å². The molecule has 0 aliphatic rings. The number of carboxylic acid groups (broad SMARTS) is 1. The molecule has 0 radical (unpaired) electrons. The van der Waals surface area contributed by atoms with Gasteiger partial charge < -0.3 is 9.67 Å². The molecule has 1 heterocycles. The second-order valence-electron chi connectivity index (χ2n) is 3.73.